The van der Waals surface area contributed by atoms with E-state index >= 15 is 0 Å². The predicted octanol–water partition coefficient (Wildman–Crippen LogP) is 1.70. The molecule has 3 rings (SSSR count). The molecule has 1 N–H and O–H groups in total. The Labute approximate surface area is 107 Å². The number of nitrogens with zero attached hydrogens (tertiary/aromatic N) is 2. The molecule has 1 aromatic heterocycles. The second-order valence-corrected chi connectivity index (χ2v) is 3.68. The quantitative estimate of drug-likeness (QED) is 0.897. The highest BCUT2D eigenvalue weighted by Gasteiger charge is 2.14. The number of ether oxygens (including phenoxy) is 3. The molecule has 1 aromatic carbocycles. The summed E-state index contributed by atoms with van der Waals surface area (Å²) in [4.78, 5) is 18.3. The van der Waals surface area contributed by atoms with Gasteiger partial charge in [-0.3, -0.25) is 0 Å². The first-order chi connectivity index (χ1) is 9.22. The molecule has 0 bridgehead atoms. The minimum absolute atomic E-state index is 0.00182. The number of aromatic carboxylic acids is 1. The Bertz CT molecular complexity index is 627. The van der Waals surface area contributed by atoms with E-state index in [2.05, 4.69) is 9.97 Å². The number of carboxylic acid groups (broad SMARTS) is 1. The molecular formula is C12H8N2O5. The maximum absolute atomic E-state index is 10.6. The molecule has 0 radical (unpaired) electrons. The third-order valence-corrected chi connectivity index (χ3v) is 2.43. The number of aromatic nitrogens is 2. The number of carboxylic acids is 1. The Morgan fingerprint density at radius 1 is 1.21 bits per heavy atom. The van der Waals surface area contributed by atoms with E-state index in [1.54, 1.807) is 18.2 Å². The summed E-state index contributed by atoms with van der Waals surface area (Å²) in [5.41, 5.74) is -0.00182. The summed E-state index contributed by atoms with van der Waals surface area (Å²) in [6.07, 6.45) is 2.36. The van der Waals surface area contributed by atoms with Gasteiger partial charge in [0.1, 0.15) is 5.75 Å². The molecule has 0 aliphatic carbocycles. The highest BCUT2D eigenvalue weighted by atomic mass is 16.7. The number of hydrogen-bond acceptors (Lipinski definition) is 6. The molecule has 0 unspecified atom stereocenters. The van der Waals surface area contributed by atoms with E-state index in [9.17, 15) is 4.79 Å². The van der Waals surface area contributed by atoms with Gasteiger partial charge in [-0.1, -0.05) is 0 Å². The lowest BCUT2D eigenvalue weighted by atomic mass is 10.3. The van der Waals surface area contributed by atoms with Gasteiger partial charge in [-0.2, -0.15) is 0 Å². The summed E-state index contributed by atoms with van der Waals surface area (Å²) in [6, 6.07) is 5.10. The second-order valence-electron chi connectivity index (χ2n) is 3.68. The van der Waals surface area contributed by atoms with Gasteiger partial charge >= 0.3 is 12.0 Å². The summed E-state index contributed by atoms with van der Waals surface area (Å²) in [7, 11) is 0. The lowest BCUT2D eigenvalue weighted by molar-refractivity contribution is 0.0696. The molecule has 2 aromatic rings. The fourth-order valence-electron chi connectivity index (χ4n) is 1.53. The van der Waals surface area contributed by atoms with Crippen LogP contribution < -0.4 is 14.2 Å². The van der Waals surface area contributed by atoms with Crippen LogP contribution in [0.3, 0.4) is 0 Å². The lowest BCUT2D eigenvalue weighted by Crippen LogP contribution is -1.99. The van der Waals surface area contributed by atoms with E-state index in [-0.39, 0.29) is 18.4 Å². The zero-order valence-corrected chi connectivity index (χ0v) is 9.57. The van der Waals surface area contributed by atoms with Crippen molar-refractivity contribution in [1.82, 2.24) is 9.97 Å². The first-order valence-corrected chi connectivity index (χ1v) is 5.35. The average Bonchev–Trinajstić information content (AvgIpc) is 2.87. The first-order valence-electron chi connectivity index (χ1n) is 5.35. The fourth-order valence-corrected chi connectivity index (χ4v) is 1.53. The third kappa shape index (κ3) is 2.25. The van der Waals surface area contributed by atoms with Crippen LogP contribution >= 0.6 is 0 Å². The molecular weight excluding hydrogens is 252 g/mol. The minimum atomic E-state index is -1.09. The normalized spacial score (nSPS) is 12.2. The van der Waals surface area contributed by atoms with Crippen molar-refractivity contribution < 1.29 is 24.1 Å². The van der Waals surface area contributed by atoms with Crippen molar-refractivity contribution in [2.24, 2.45) is 0 Å². The van der Waals surface area contributed by atoms with Gasteiger partial charge in [0.25, 0.3) is 0 Å². The molecule has 0 atom stereocenters. The molecule has 0 amide bonds. The van der Waals surface area contributed by atoms with E-state index in [1.807, 2.05) is 0 Å². The van der Waals surface area contributed by atoms with Crippen LogP contribution in [0.25, 0.3) is 0 Å². The molecule has 1 aliphatic rings. The maximum atomic E-state index is 10.6. The van der Waals surface area contributed by atoms with E-state index in [1.165, 1.54) is 12.4 Å². The summed E-state index contributed by atoms with van der Waals surface area (Å²) in [5, 5.41) is 8.72. The highest BCUT2D eigenvalue weighted by Crippen LogP contribution is 2.35. The maximum Gasteiger partial charge on any atom is 0.338 e. The van der Waals surface area contributed by atoms with Crippen LogP contribution in [0.15, 0.2) is 30.6 Å². The first kappa shape index (κ1) is 11.3. The summed E-state index contributed by atoms with van der Waals surface area (Å²) < 4.78 is 15.8. The predicted molar refractivity (Wildman–Crippen MR) is 61.6 cm³/mol. The zero-order valence-electron chi connectivity index (χ0n) is 9.57. The largest absolute Gasteiger partial charge is 0.478 e. The molecule has 19 heavy (non-hydrogen) atoms. The molecule has 0 saturated heterocycles. The summed E-state index contributed by atoms with van der Waals surface area (Å²) in [6.45, 7) is 0.183. The van der Waals surface area contributed by atoms with E-state index in [0.717, 1.165) is 0 Å². The Morgan fingerprint density at radius 2 is 1.95 bits per heavy atom. The molecule has 0 saturated carbocycles. The van der Waals surface area contributed by atoms with E-state index < -0.39 is 5.97 Å². The number of carbonyl (C=O) groups is 1. The van der Waals surface area contributed by atoms with Crippen LogP contribution in [0.4, 0.5) is 0 Å². The van der Waals surface area contributed by atoms with Crippen LogP contribution in [0, 0.1) is 0 Å². The molecule has 1 aliphatic heterocycles. The number of rotatable bonds is 3. The average molecular weight is 260 g/mol. The zero-order chi connectivity index (χ0) is 13.2. The smallest absolute Gasteiger partial charge is 0.338 e. The van der Waals surface area contributed by atoms with Gasteiger partial charge in [-0.05, 0) is 12.1 Å². The Kier molecular flexibility index (Phi) is 2.64. The van der Waals surface area contributed by atoms with E-state index in [4.69, 9.17) is 19.3 Å². The van der Waals surface area contributed by atoms with Crippen molar-refractivity contribution in [2.75, 3.05) is 6.79 Å². The highest BCUT2D eigenvalue weighted by molar-refractivity contribution is 5.86. The van der Waals surface area contributed by atoms with Gasteiger partial charge in [0, 0.05) is 18.5 Å². The SMILES string of the molecule is O=C(O)c1cnc(Oc2ccc3c(c2)OCO3)nc1. The Balaban J connectivity index is 1.79. The van der Waals surface area contributed by atoms with Crippen molar-refractivity contribution >= 4 is 5.97 Å². The Morgan fingerprint density at radius 3 is 2.68 bits per heavy atom. The van der Waals surface area contributed by atoms with Crippen molar-refractivity contribution in [3.63, 3.8) is 0 Å². The molecule has 96 valence electrons. The Hall–Kier alpha value is -2.83. The van der Waals surface area contributed by atoms with Gasteiger partial charge in [-0.25, -0.2) is 14.8 Å². The van der Waals surface area contributed by atoms with Gasteiger partial charge in [0.05, 0.1) is 5.56 Å². The van der Waals surface area contributed by atoms with Crippen molar-refractivity contribution in [1.29, 1.82) is 0 Å². The van der Waals surface area contributed by atoms with Crippen molar-refractivity contribution in [3.8, 4) is 23.3 Å². The van der Waals surface area contributed by atoms with Gasteiger partial charge in [-0.15, -0.1) is 0 Å². The third-order valence-electron chi connectivity index (χ3n) is 2.43. The summed E-state index contributed by atoms with van der Waals surface area (Å²) >= 11 is 0. The summed E-state index contributed by atoms with van der Waals surface area (Å²) in [5.74, 6) is 0.621. The fraction of sp³-hybridized carbons (Fsp3) is 0.0833. The lowest BCUT2D eigenvalue weighted by Gasteiger charge is -2.04. The van der Waals surface area contributed by atoms with Crippen LogP contribution in [-0.4, -0.2) is 27.8 Å². The number of fused-ring (bicyclic) bond motifs is 1. The van der Waals surface area contributed by atoms with Gasteiger partial charge in [0.2, 0.25) is 6.79 Å². The van der Waals surface area contributed by atoms with Gasteiger partial charge in [0.15, 0.2) is 11.5 Å². The molecule has 0 fully saturated rings. The van der Waals surface area contributed by atoms with Crippen LogP contribution in [0.2, 0.25) is 0 Å². The molecule has 7 nitrogen and oxygen atoms in total. The van der Waals surface area contributed by atoms with Crippen LogP contribution in [-0.2, 0) is 0 Å². The molecule has 7 heteroatoms. The second kappa shape index (κ2) is 4.45. The van der Waals surface area contributed by atoms with Crippen LogP contribution in [0.1, 0.15) is 10.4 Å². The topological polar surface area (TPSA) is 90.8 Å². The van der Waals surface area contributed by atoms with Crippen molar-refractivity contribution in [3.05, 3.63) is 36.2 Å². The van der Waals surface area contributed by atoms with Crippen LogP contribution in [0.5, 0.6) is 23.3 Å². The molecule has 2 heterocycles. The van der Waals surface area contributed by atoms with Crippen molar-refractivity contribution in [2.45, 2.75) is 0 Å². The number of hydrogen-bond donors (Lipinski definition) is 1. The van der Waals surface area contributed by atoms with E-state index in [0.29, 0.717) is 17.2 Å². The molecule has 0 spiro atoms. The number of benzene rings is 1. The monoisotopic (exact) mass is 260 g/mol. The minimum Gasteiger partial charge on any atom is -0.478 e. The standard InChI is InChI=1S/C12H8N2O5/c15-11(16)7-4-13-12(14-5-7)19-8-1-2-9-10(3-8)18-6-17-9/h1-5H,6H2,(H,15,16). The van der Waals surface area contributed by atoms with Gasteiger partial charge < -0.3 is 19.3 Å².